The third-order valence-corrected chi connectivity index (χ3v) is 4.97. The van der Waals surface area contributed by atoms with Crippen LogP contribution in [0.25, 0.3) is 0 Å². The van der Waals surface area contributed by atoms with Crippen molar-refractivity contribution in [2.45, 2.75) is 42.7 Å². The Morgan fingerprint density at radius 3 is 2.53 bits per heavy atom. The van der Waals surface area contributed by atoms with Gasteiger partial charge < -0.3 is 11.1 Å². The van der Waals surface area contributed by atoms with Crippen LogP contribution in [0.2, 0.25) is 0 Å². The molecule has 19 heavy (non-hydrogen) atoms. The molecule has 2 rings (SSSR count). The van der Waals surface area contributed by atoms with Crippen LogP contribution >= 0.6 is 0 Å². The summed E-state index contributed by atoms with van der Waals surface area (Å²) in [6.07, 6.45) is 4.10. The summed E-state index contributed by atoms with van der Waals surface area (Å²) in [6, 6.07) is 7.60. The Morgan fingerprint density at radius 1 is 1.21 bits per heavy atom. The highest BCUT2D eigenvalue weighted by molar-refractivity contribution is 7.89. The molecule has 1 aliphatic rings. The van der Waals surface area contributed by atoms with E-state index in [9.17, 15) is 8.42 Å². The minimum atomic E-state index is -3.38. The molecule has 1 saturated carbocycles. The zero-order chi connectivity index (χ0) is 13.9. The van der Waals surface area contributed by atoms with E-state index < -0.39 is 10.0 Å². The Kier molecular flexibility index (Phi) is 4.44. The zero-order valence-electron chi connectivity index (χ0n) is 11.1. The van der Waals surface area contributed by atoms with Crippen molar-refractivity contribution < 1.29 is 8.42 Å². The van der Waals surface area contributed by atoms with Gasteiger partial charge in [-0.05, 0) is 50.9 Å². The molecule has 0 aliphatic heterocycles. The highest BCUT2D eigenvalue weighted by atomic mass is 32.2. The van der Waals surface area contributed by atoms with Crippen LogP contribution in [0.4, 0.5) is 5.69 Å². The minimum Gasteiger partial charge on any atom is -0.382 e. The van der Waals surface area contributed by atoms with E-state index >= 15 is 0 Å². The van der Waals surface area contributed by atoms with Gasteiger partial charge in [-0.1, -0.05) is 6.07 Å². The highest BCUT2D eigenvalue weighted by Gasteiger charge is 2.19. The SMILES string of the molecule is CNS(=O)(=O)c1cccc(NC2CCC(N)CC2)c1. The second-order valence-electron chi connectivity index (χ2n) is 4.99. The lowest BCUT2D eigenvalue weighted by Gasteiger charge is -2.27. The molecule has 5 nitrogen and oxygen atoms in total. The summed E-state index contributed by atoms with van der Waals surface area (Å²) in [4.78, 5) is 0.285. The Hall–Kier alpha value is -1.11. The lowest BCUT2D eigenvalue weighted by Crippen LogP contribution is -2.32. The first-order valence-corrected chi connectivity index (χ1v) is 8.05. The van der Waals surface area contributed by atoms with Crippen molar-refractivity contribution >= 4 is 15.7 Å². The van der Waals surface area contributed by atoms with Gasteiger partial charge in [-0.3, -0.25) is 0 Å². The fourth-order valence-electron chi connectivity index (χ4n) is 2.37. The molecule has 1 aromatic rings. The third-order valence-electron chi connectivity index (χ3n) is 3.56. The topological polar surface area (TPSA) is 84.2 Å². The second-order valence-corrected chi connectivity index (χ2v) is 6.88. The fourth-order valence-corrected chi connectivity index (χ4v) is 3.15. The zero-order valence-corrected chi connectivity index (χ0v) is 11.9. The predicted octanol–water partition coefficient (Wildman–Crippen LogP) is 1.28. The third kappa shape index (κ3) is 3.68. The average Bonchev–Trinajstić information content (AvgIpc) is 2.42. The lowest BCUT2D eigenvalue weighted by molar-refractivity contribution is 0.411. The maximum atomic E-state index is 11.7. The number of rotatable bonds is 4. The highest BCUT2D eigenvalue weighted by Crippen LogP contribution is 2.22. The largest absolute Gasteiger partial charge is 0.382 e. The fraction of sp³-hybridized carbons (Fsp3) is 0.538. The van der Waals surface area contributed by atoms with Crippen LogP contribution in [-0.2, 0) is 10.0 Å². The van der Waals surface area contributed by atoms with Gasteiger partial charge in [0.1, 0.15) is 0 Å². The van der Waals surface area contributed by atoms with Crippen molar-refractivity contribution in [3.05, 3.63) is 24.3 Å². The molecule has 106 valence electrons. The minimum absolute atomic E-state index is 0.285. The van der Waals surface area contributed by atoms with Crippen molar-refractivity contribution in [2.24, 2.45) is 5.73 Å². The number of anilines is 1. The first-order valence-electron chi connectivity index (χ1n) is 6.57. The molecule has 0 aromatic heterocycles. The van der Waals surface area contributed by atoms with Crippen LogP contribution in [0, 0.1) is 0 Å². The summed E-state index contributed by atoms with van der Waals surface area (Å²) in [5, 5.41) is 3.39. The number of nitrogens with one attached hydrogen (secondary N) is 2. The average molecular weight is 283 g/mol. The molecule has 0 radical (unpaired) electrons. The normalized spacial score (nSPS) is 24.1. The van der Waals surface area contributed by atoms with E-state index in [1.807, 2.05) is 6.07 Å². The quantitative estimate of drug-likeness (QED) is 0.777. The van der Waals surface area contributed by atoms with Gasteiger partial charge in [-0.25, -0.2) is 13.1 Å². The van der Waals surface area contributed by atoms with Crippen LogP contribution in [0.5, 0.6) is 0 Å². The predicted molar refractivity (Wildman–Crippen MR) is 76.5 cm³/mol. The maximum absolute atomic E-state index is 11.7. The molecule has 0 spiro atoms. The van der Waals surface area contributed by atoms with Crippen LogP contribution < -0.4 is 15.8 Å². The van der Waals surface area contributed by atoms with Gasteiger partial charge in [0.15, 0.2) is 0 Å². The molecule has 0 saturated heterocycles. The number of sulfonamides is 1. The molecule has 6 heteroatoms. The molecule has 0 heterocycles. The summed E-state index contributed by atoms with van der Waals surface area (Å²) in [5.41, 5.74) is 6.72. The molecular formula is C13H21N3O2S. The molecule has 0 unspecified atom stereocenters. The summed E-state index contributed by atoms with van der Waals surface area (Å²) in [7, 11) is -1.97. The van der Waals surface area contributed by atoms with Gasteiger partial charge >= 0.3 is 0 Å². The van der Waals surface area contributed by atoms with Crippen LogP contribution in [-0.4, -0.2) is 27.5 Å². The van der Waals surface area contributed by atoms with Gasteiger partial charge in [-0.15, -0.1) is 0 Å². The molecule has 4 N–H and O–H groups in total. The summed E-state index contributed by atoms with van der Waals surface area (Å²) in [6.45, 7) is 0. The molecule has 1 aliphatic carbocycles. The van der Waals surface area contributed by atoms with E-state index in [4.69, 9.17) is 5.73 Å². The summed E-state index contributed by atoms with van der Waals surface area (Å²) in [5.74, 6) is 0. The molecule has 0 atom stereocenters. The number of hydrogen-bond donors (Lipinski definition) is 3. The van der Waals surface area contributed by atoms with Crippen LogP contribution in [0.1, 0.15) is 25.7 Å². The number of benzene rings is 1. The van der Waals surface area contributed by atoms with E-state index in [1.54, 1.807) is 18.2 Å². The summed E-state index contributed by atoms with van der Waals surface area (Å²) < 4.78 is 25.8. The van der Waals surface area contributed by atoms with Crippen LogP contribution in [0.3, 0.4) is 0 Å². The van der Waals surface area contributed by atoms with Gasteiger partial charge in [0.2, 0.25) is 10.0 Å². The van der Waals surface area contributed by atoms with E-state index in [2.05, 4.69) is 10.0 Å². The van der Waals surface area contributed by atoms with E-state index in [1.165, 1.54) is 7.05 Å². The first-order chi connectivity index (χ1) is 9.01. The van der Waals surface area contributed by atoms with Crippen molar-refractivity contribution in [2.75, 3.05) is 12.4 Å². The Balaban J connectivity index is 2.07. The number of nitrogens with two attached hydrogens (primary N) is 1. The van der Waals surface area contributed by atoms with Gasteiger partial charge in [0.05, 0.1) is 4.90 Å². The summed E-state index contributed by atoms with van der Waals surface area (Å²) >= 11 is 0. The van der Waals surface area contributed by atoms with Gasteiger partial charge in [-0.2, -0.15) is 0 Å². The van der Waals surface area contributed by atoms with E-state index in [0.29, 0.717) is 12.1 Å². The molecular weight excluding hydrogens is 262 g/mol. The van der Waals surface area contributed by atoms with E-state index in [-0.39, 0.29) is 4.90 Å². The Labute approximate surface area is 114 Å². The van der Waals surface area contributed by atoms with Crippen molar-refractivity contribution in [3.63, 3.8) is 0 Å². The first kappa shape index (κ1) is 14.3. The second kappa shape index (κ2) is 5.90. The maximum Gasteiger partial charge on any atom is 0.240 e. The lowest BCUT2D eigenvalue weighted by atomic mass is 9.92. The molecule has 1 aromatic carbocycles. The standard InChI is InChI=1S/C13H21N3O2S/c1-15-19(17,18)13-4-2-3-12(9-13)16-11-7-5-10(14)6-8-11/h2-4,9-11,15-16H,5-8,14H2,1H3. The smallest absolute Gasteiger partial charge is 0.240 e. The van der Waals surface area contributed by atoms with Crippen molar-refractivity contribution in [3.8, 4) is 0 Å². The van der Waals surface area contributed by atoms with Gasteiger partial charge in [0.25, 0.3) is 0 Å². The molecule has 1 fully saturated rings. The monoisotopic (exact) mass is 283 g/mol. The molecule has 0 amide bonds. The van der Waals surface area contributed by atoms with Crippen molar-refractivity contribution in [1.82, 2.24) is 4.72 Å². The Morgan fingerprint density at radius 2 is 1.89 bits per heavy atom. The van der Waals surface area contributed by atoms with Crippen LogP contribution in [0.15, 0.2) is 29.2 Å². The molecule has 0 bridgehead atoms. The Bertz CT molecular complexity index is 522. The number of hydrogen-bond acceptors (Lipinski definition) is 4. The van der Waals surface area contributed by atoms with Crippen molar-refractivity contribution in [1.29, 1.82) is 0 Å². The van der Waals surface area contributed by atoms with Gasteiger partial charge in [0, 0.05) is 17.8 Å². The van der Waals surface area contributed by atoms with E-state index in [0.717, 1.165) is 31.4 Å².